The van der Waals surface area contributed by atoms with Gasteiger partial charge in [0, 0.05) is 5.39 Å². The Hall–Kier alpha value is -4.09. The number of carbonyl (C=O) groups excluding carboxylic acids is 1. The summed E-state index contributed by atoms with van der Waals surface area (Å²) in [7, 11) is -4.58. The molecular formula is C28H30N5O9P. The first-order valence-corrected chi connectivity index (χ1v) is 14.6. The van der Waals surface area contributed by atoms with Crippen molar-refractivity contribution in [1.29, 1.82) is 5.26 Å². The highest BCUT2D eigenvalue weighted by Crippen LogP contribution is 2.52. The average molecular weight is 612 g/mol. The predicted molar refractivity (Wildman–Crippen MR) is 151 cm³/mol. The van der Waals surface area contributed by atoms with Crippen molar-refractivity contribution in [3.63, 3.8) is 0 Å². The molecule has 1 fully saturated rings. The standard InChI is InChI=1S/C28H30N5O9P/c1-27(2,3)26(36)38-16-40-43(37,42-20-10-6-8-17-7-4-5-9-18(17)20)39-13-21-23(34)24(35)28(14-29,41-21)22-12-11-19-25(30)31-15-32-33(19)22/h4-12,15,21,23-24,34-35H,13,16H2,1-3H3,(H2,30,31,32)/t21-,23-,24-,28+,43?/m1/s1. The Labute approximate surface area is 246 Å². The van der Waals surface area contributed by atoms with Gasteiger partial charge in [0.2, 0.25) is 12.4 Å². The summed E-state index contributed by atoms with van der Waals surface area (Å²) in [5.41, 5.74) is 3.36. The number of fused-ring (bicyclic) bond motifs is 2. The molecular weight excluding hydrogens is 581 g/mol. The van der Waals surface area contributed by atoms with Gasteiger partial charge < -0.3 is 29.9 Å². The molecule has 2 aromatic heterocycles. The number of carbonyl (C=O) groups is 1. The van der Waals surface area contributed by atoms with Gasteiger partial charge in [-0.15, -0.1) is 0 Å². The zero-order valence-corrected chi connectivity index (χ0v) is 24.4. The van der Waals surface area contributed by atoms with Gasteiger partial charge in [-0.3, -0.25) is 9.32 Å². The Bertz CT molecular complexity index is 1740. The van der Waals surface area contributed by atoms with Gasteiger partial charge in [-0.2, -0.15) is 10.4 Å². The third kappa shape index (κ3) is 5.79. The van der Waals surface area contributed by atoms with Gasteiger partial charge in [0.25, 0.3) is 0 Å². The summed E-state index contributed by atoms with van der Waals surface area (Å²) in [5, 5.41) is 37.5. The van der Waals surface area contributed by atoms with Gasteiger partial charge in [-0.05, 0) is 44.4 Å². The third-order valence-corrected chi connectivity index (χ3v) is 8.16. The van der Waals surface area contributed by atoms with Crippen LogP contribution in [0.15, 0.2) is 60.9 Å². The highest BCUT2D eigenvalue weighted by atomic mass is 31.2. The number of esters is 1. The molecule has 14 nitrogen and oxygen atoms in total. The molecule has 0 spiro atoms. The Morgan fingerprint density at radius 1 is 1.16 bits per heavy atom. The number of hydrogen-bond acceptors (Lipinski definition) is 13. The summed E-state index contributed by atoms with van der Waals surface area (Å²) in [6.07, 6.45) is -3.66. The van der Waals surface area contributed by atoms with Crippen molar-refractivity contribution in [1.82, 2.24) is 14.6 Å². The predicted octanol–water partition coefficient (Wildman–Crippen LogP) is 3.07. The quantitative estimate of drug-likeness (QED) is 0.142. The molecule has 0 amide bonds. The molecule has 0 radical (unpaired) electrons. The van der Waals surface area contributed by atoms with Crippen LogP contribution in [0.25, 0.3) is 16.3 Å². The van der Waals surface area contributed by atoms with Crippen molar-refractivity contribution in [3.8, 4) is 11.8 Å². The number of rotatable bonds is 9. The number of phosphoric ester groups is 1. The van der Waals surface area contributed by atoms with Crippen molar-refractivity contribution in [2.45, 2.75) is 44.7 Å². The minimum atomic E-state index is -4.58. The molecule has 2 aromatic carbocycles. The monoisotopic (exact) mass is 611 g/mol. The highest BCUT2D eigenvalue weighted by Gasteiger charge is 2.58. The summed E-state index contributed by atoms with van der Waals surface area (Å²) in [6, 6.07) is 17.1. The van der Waals surface area contributed by atoms with E-state index in [0.717, 1.165) is 5.39 Å². The van der Waals surface area contributed by atoms with Crippen LogP contribution >= 0.6 is 7.82 Å². The molecule has 1 saturated heterocycles. The van der Waals surface area contributed by atoms with E-state index in [1.54, 1.807) is 45.0 Å². The topological polar surface area (TPSA) is 201 Å². The van der Waals surface area contributed by atoms with Crippen molar-refractivity contribution in [3.05, 3.63) is 66.6 Å². The van der Waals surface area contributed by atoms with Crippen LogP contribution in [0.5, 0.6) is 5.75 Å². The molecule has 0 saturated carbocycles. The average Bonchev–Trinajstić information content (AvgIpc) is 3.52. The van der Waals surface area contributed by atoms with E-state index in [4.69, 9.17) is 28.8 Å². The molecule has 0 bridgehead atoms. The fourth-order valence-corrected chi connectivity index (χ4v) is 5.65. The fourth-order valence-electron chi connectivity index (χ4n) is 4.56. The van der Waals surface area contributed by atoms with E-state index < -0.39 is 56.5 Å². The van der Waals surface area contributed by atoms with E-state index in [1.165, 1.54) is 23.0 Å². The summed E-state index contributed by atoms with van der Waals surface area (Å²) in [5.74, 6) is -0.345. The van der Waals surface area contributed by atoms with Gasteiger partial charge >= 0.3 is 13.8 Å². The zero-order valence-electron chi connectivity index (χ0n) is 23.5. The molecule has 226 valence electrons. The molecule has 5 rings (SSSR count). The number of nitrogen functional groups attached to an aromatic ring is 1. The van der Waals surface area contributed by atoms with E-state index in [-0.39, 0.29) is 17.3 Å². The number of aromatic nitrogens is 3. The summed E-state index contributed by atoms with van der Waals surface area (Å²) in [6.45, 7) is 3.49. The number of ether oxygens (including phenoxy) is 2. The lowest BCUT2D eigenvalue weighted by Crippen LogP contribution is -2.41. The summed E-state index contributed by atoms with van der Waals surface area (Å²) in [4.78, 5) is 16.2. The van der Waals surface area contributed by atoms with E-state index in [2.05, 4.69) is 10.1 Å². The molecule has 1 aliphatic heterocycles. The second-order valence-electron chi connectivity index (χ2n) is 10.8. The lowest BCUT2D eigenvalue weighted by molar-refractivity contribution is -0.160. The lowest BCUT2D eigenvalue weighted by atomic mass is 9.92. The Morgan fingerprint density at radius 2 is 1.91 bits per heavy atom. The van der Waals surface area contributed by atoms with Crippen LogP contribution in [0.1, 0.15) is 26.5 Å². The first kappa shape index (κ1) is 30.4. The van der Waals surface area contributed by atoms with E-state index >= 15 is 0 Å². The lowest BCUT2D eigenvalue weighted by Gasteiger charge is -2.24. The van der Waals surface area contributed by atoms with Crippen molar-refractivity contribution >= 4 is 35.9 Å². The number of aliphatic hydroxyl groups is 2. The number of hydrogen-bond donors (Lipinski definition) is 3. The van der Waals surface area contributed by atoms with Gasteiger partial charge in [-0.1, -0.05) is 36.4 Å². The largest absolute Gasteiger partial charge is 0.533 e. The molecule has 5 atom stereocenters. The number of benzene rings is 2. The Balaban J connectivity index is 1.40. The number of anilines is 1. The van der Waals surface area contributed by atoms with E-state index in [9.17, 15) is 24.8 Å². The number of nitrogens with two attached hydrogens (primary N) is 1. The van der Waals surface area contributed by atoms with E-state index in [0.29, 0.717) is 10.9 Å². The van der Waals surface area contributed by atoms with Crippen molar-refractivity contribution in [2.75, 3.05) is 19.1 Å². The molecule has 15 heteroatoms. The van der Waals surface area contributed by atoms with Crippen molar-refractivity contribution < 1.29 is 42.6 Å². The number of aliphatic hydroxyl groups excluding tert-OH is 2. The molecule has 4 N–H and O–H groups in total. The van der Waals surface area contributed by atoms with E-state index in [1.807, 2.05) is 24.3 Å². The fraction of sp³-hybridized carbons (Fsp3) is 0.357. The van der Waals surface area contributed by atoms with Crippen molar-refractivity contribution in [2.24, 2.45) is 5.41 Å². The maximum Gasteiger partial charge on any atom is 0.533 e. The first-order valence-electron chi connectivity index (χ1n) is 13.2. The zero-order chi connectivity index (χ0) is 31.0. The molecule has 3 heterocycles. The normalized spacial score (nSPS) is 23.6. The van der Waals surface area contributed by atoms with Crippen LogP contribution in [0.4, 0.5) is 5.82 Å². The molecule has 1 unspecified atom stereocenters. The maximum absolute atomic E-state index is 13.9. The number of nitriles is 1. The number of nitrogens with zero attached hydrogens (tertiary/aromatic N) is 4. The smallest absolute Gasteiger partial charge is 0.437 e. The molecule has 4 aromatic rings. The second-order valence-corrected chi connectivity index (χ2v) is 12.4. The maximum atomic E-state index is 13.9. The minimum Gasteiger partial charge on any atom is -0.437 e. The first-order chi connectivity index (χ1) is 20.4. The summed E-state index contributed by atoms with van der Waals surface area (Å²) < 4.78 is 42.9. The molecule has 43 heavy (non-hydrogen) atoms. The van der Waals surface area contributed by atoms with Crippen LogP contribution in [0.3, 0.4) is 0 Å². The van der Waals surface area contributed by atoms with Gasteiger partial charge in [-0.25, -0.2) is 18.6 Å². The van der Waals surface area contributed by atoms with Crippen LogP contribution in [-0.4, -0.2) is 62.5 Å². The highest BCUT2D eigenvalue weighted by molar-refractivity contribution is 7.48. The Kier molecular flexibility index (Phi) is 8.15. The van der Waals surface area contributed by atoms with Gasteiger partial charge in [0.05, 0.1) is 17.7 Å². The van der Waals surface area contributed by atoms with Gasteiger partial charge in [0.15, 0.2) is 5.82 Å². The summed E-state index contributed by atoms with van der Waals surface area (Å²) >= 11 is 0. The molecule has 1 aliphatic rings. The second kappa shape index (κ2) is 11.5. The van der Waals surface area contributed by atoms with Gasteiger partial charge in [0.1, 0.15) is 42.0 Å². The third-order valence-electron chi connectivity index (χ3n) is 6.86. The molecule has 0 aliphatic carbocycles. The SMILES string of the molecule is CC(C)(C)C(=O)OCOP(=O)(OC[C@H]1O[C@@](C#N)(c2ccc3c(N)ncnn23)[C@H](O)[C@@H]1O)Oc1cccc2ccccc12. The number of phosphoric acid groups is 1. The minimum absolute atomic E-state index is 0.0775. The Morgan fingerprint density at radius 3 is 2.65 bits per heavy atom. The van der Waals surface area contributed by atoms with Crippen LogP contribution in [0, 0.1) is 16.7 Å². The van der Waals surface area contributed by atoms with Crippen LogP contribution in [0.2, 0.25) is 0 Å². The van der Waals surface area contributed by atoms with Crippen LogP contribution in [-0.2, 0) is 33.5 Å². The van der Waals surface area contributed by atoms with Crippen LogP contribution < -0.4 is 10.3 Å².